The number of aromatic amines is 1. The molecule has 0 aliphatic carbocycles. The van der Waals surface area contributed by atoms with Crippen LogP contribution in [0.1, 0.15) is 12.0 Å². The predicted octanol–water partition coefficient (Wildman–Crippen LogP) is 3.60. The van der Waals surface area contributed by atoms with Gasteiger partial charge >= 0.3 is 0 Å². The third-order valence-electron chi connectivity index (χ3n) is 4.62. The zero-order chi connectivity index (χ0) is 20.2. The van der Waals surface area contributed by atoms with Gasteiger partial charge in [-0.2, -0.15) is 0 Å². The van der Waals surface area contributed by atoms with E-state index in [0.29, 0.717) is 23.9 Å². The second-order valence-electron chi connectivity index (χ2n) is 6.69. The summed E-state index contributed by atoms with van der Waals surface area (Å²) < 4.78 is 20.4. The highest BCUT2D eigenvalue weighted by Gasteiger charge is 2.13. The first-order valence-electron chi connectivity index (χ1n) is 9.35. The molecule has 6 nitrogen and oxygen atoms in total. The SMILES string of the molecule is Cc1ccccc1-n1ccnc1[S@@](=O)CCCOc1ccc2[nH]c(=O)ccc2c1. The molecule has 0 bridgehead atoms. The average molecular weight is 407 g/mol. The number of pyridine rings is 1. The molecule has 29 heavy (non-hydrogen) atoms. The smallest absolute Gasteiger partial charge is 0.248 e. The van der Waals surface area contributed by atoms with Gasteiger partial charge < -0.3 is 9.72 Å². The number of imidazole rings is 1. The van der Waals surface area contributed by atoms with Crippen LogP contribution in [0.15, 0.2) is 76.9 Å². The fourth-order valence-corrected chi connectivity index (χ4v) is 4.29. The molecule has 0 unspecified atom stereocenters. The Morgan fingerprint density at radius 1 is 1.14 bits per heavy atom. The summed E-state index contributed by atoms with van der Waals surface area (Å²) in [5, 5.41) is 1.46. The number of H-pyrrole nitrogens is 1. The molecule has 4 rings (SSSR count). The minimum atomic E-state index is -1.22. The maximum Gasteiger partial charge on any atom is 0.248 e. The van der Waals surface area contributed by atoms with Gasteiger partial charge in [0.2, 0.25) is 10.7 Å². The summed E-state index contributed by atoms with van der Waals surface area (Å²) in [5.41, 5.74) is 2.73. The Labute approximate surface area is 170 Å². The van der Waals surface area contributed by atoms with Crippen LogP contribution in [0, 0.1) is 6.92 Å². The van der Waals surface area contributed by atoms with Crippen molar-refractivity contribution in [3.63, 3.8) is 0 Å². The summed E-state index contributed by atoms with van der Waals surface area (Å²) in [6.07, 6.45) is 4.15. The van der Waals surface area contributed by atoms with Crippen LogP contribution in [0.2, 0.25) is 0 Å². The van der Waals surface area contributed by atoms with Crippen molar-refractivity contribution >= 4 is 21.7 Å². The molecule has 0 radical (unpaired) electrons. The van der Waals surface area contributed by atoms with E-state index in [1.165, 1.54) is 6.07 Å². The zero-order valence-electron chi connectivity index (χ0n) is 16.0. The third-order valence-corrected chi connectivity index (χ3v) is 5.99. The van der Waals surface area contributed by atoms with Crippen LogP contribution in [0.5, 0.6) is 5.75 Å². The second-order valence-corrected chi connectivity index (χ2v) is 8.15. The largest absolute Gasteiger partial charge is 0.494 e. The van der Waals surface area contributed by atoms with Crippen LogP contribution in [0.3, 0.4) is 0 Å². The van der Waals surface area contributed by atoms with Crippen LogP contribution in [-0.4, -0.2) is 31.1 Å². The highest BCUT2D eigenvalue weighted by atomic mass is 32.2. The van der Waals surface area contributed by atoms with Gasteiger partial charge in [-0.05, 0) is 49.2 Å². The minimum absolute atomic E-state index is 0.127. The van der Waals surface area contributed by atoms with E-state index < -0.39 is 10.8 Å². The number of nitrogens with one attached hydrogen (secondary N) is 1. The van der Waals surface area contributed by atoms with Gasteiger partial charge in [-0.25, -0.2) is 4.98 Å². The number of hydrogen-bond donors (Lipinski definition) is 1. The fraction of sp³-hybridized carbons (Fsp3) is 0.182. The number of aromatic nitrogens is 3. The van der Waals surface area contributed by atoms with Gasteiger partial charge in [0.05, 0.1) is 23.1 Å². The van der Waals surface area contributed by atoms with E-state index in [9.17, 15) is 9.00 Å². The molecule has 0 spiro atoms. The van der Waals surface area contributed by atoms with Crippen LogP contribution >= 0.6 is 0 Å². The molecule has 0 aliphatic heterocycles. The number of aryl methyl sites for hydroxylation is 1. The molecule has 0 saturated heterocycles. The van der Waals surface area contributed by atoms with Gasteiger partial charge in [-0.1, -0.05) is 18.2 Å². The molecule has 0 saturated carbocycles. The van der Waals surface area contributed by atoms with E-state index in [2.05, 4.69) is 9.97 Å². The van der Waals surface area contributed by atoms with E-state index in [0.717, 1.165) is 27.9 Å². The molecule has 1 atom stereocenters. The van der Waals surface area contributed by atoms with E-state index >= 15 is 0 Å². The number of ether oxygens (including phenoxy) is 1. The summed E-state index contributed by atoms with van der Waals surface area (Å²) in [5.74, 6) is 1.18. The Bertz CT molecular complexity index is 1230. The molecule has 7 heteroatoms. The lowest BCUT2D eigenvalue weighted by molar-refractivity contribution is 0.318. The van der Waals surface area contributed by atoms with Gasteiger partial charge in [0, 0.05) is 35.1 Å². The number of nitrogens with zero attached hydrogens (tertiary/aromatic N) is 2. The van der Waals surface area contributed by atoms with Crippen molar-refractivity contribution in [3.8, 4) is 11.4 Å². The number of hydrogen-bond acceptors (Lipinski definition) is 4. The highest BCUT2D eigenvalue weighted by molar-refractivity contribution is 7.84. The van der Waals surface area contributed by atoms with Crippen LogP contribution in [0.4, 0.5) is 0 Å². The molecule has 0 amide bonds. The summed E-state index contributed by atoms with van der Waals surface area (Å²) in [6, 6.07) is 16.7. The lowest BCUT2D eigenvalue weighted by atomic mass is 10.2. The Balaban J connectivity index is 1.37. The van der Waals surface area contributed by atoms with Gasteiger partial charge in [-0.3, -0.25) is 13.6 Å². The number of benzene rings is 2. The Hall–Kier alpha value is -3.19. The van der Waals surface area contributed by atoms with Crippen molar-refractivity contribution in [2.24, 2.45) is 0 Å². The fourth-order valence-electron chi connectivity index (χ4n) is 3.17. The lowest BCUT2D eigenvalue weighted by Gasteiger charge is -2.11. The maximum atomic E-state index is 12.8. The zero-order valence-corrected chi connectivity index (χ0v) is 16.8. The molecule has 2 aromatic heterocycles. The molecule has 1 N–H and O–H groups in total. The van der Waals surface area contributed by atoms with E-state index in [4.69, 9.17) is 4.74 Å². The normalized spacial score (nSPS) is 12.2. The Morgan fingerprint density at radius 2 is 2.00 bits per heavy atom. The van der Waals surface area contributed by atoms with Gasteiger partial charge in [0.25, 0.3) is 0 Å². The van der Waals surface area contributed by atoms with Crippen molar-refractivity contribution in [1.29, 1.82) is 0 Å². The topological polar surface area (TPSA) is 77.0 Å². The van der Waals surface area contributed by atoms with Crippen LogP contribution in [0.25, 0.3) is 16.6 Å². The quantitative estimate of drug-likeness (QED) is 0.475. The summed E-state index contributed by atoms with van der Waals surface area (Å²) in [4.78, 5) is 18.4. The van der Waals surface area contributed by atoms with Crippen molar-refractivity contribution in [2.75, 3.05) is 12.4 Å². The van der Waals surface area contributed by atoms with Gasteiger partial charge in [0.15, 0.2) is 0 Å². The summed E-state index contributed by atoms with van der Waals surface area (Å²) in [7, 11) is -1.22. The molecule has 2 aromatic carbocycles. The van der Waals surface area contributed by atoms with E-state index in [1.807, 2.05) is 60.2 Å². The van der Waals surface area contributed by atoms with Crippen molar-refractivity contribution < 1.29 is 8.95 Å². The summed E-state index contributed by atoms with van der Waals surface area (Å²) >= 11 is 0. The second kappa shape index (κ2) is 8.45. The Morgan fingerprint density at radius 3 is 2.86 bits per heavy atom. The van der Waals surface area contributed by atoms with Crippen molar-refractivity contribution in [1.82, 2.24) is 14.5 Å². The summed E-state index contributed by atoms with van der Waals surface area (Å²) in [6.45, 7) is 2.47. The standard InChI is InChI=1S/C22H21N3O3S/c1-16-5-2-3-6-20(16)25-12-11-23-22(25)29(27)14-4-13-28-18-8-9-19-17(15-18)7-10-21(26)24-19/h2-3,5-12,15H,4,13-14H2,1H3,(H,24,26)/t29-/m0/s1. The van der Waals surface area contributed by atoms with Gasteiger partial charge in [0.1, 0.15) is 5.75 Å². The molecule has 148 valence electrons. The highest BCUT2D eigenvalue weighted by Crippen LogP contribution is 2.19. The van der Waals surface area contributed by atoms with Crippen molar-refractivity contribution in [2.45, 2.75) is 18.5 Å². The first kappa shape index (κ1) is 19.1. The number of rotatable bonds is 7. The lowest BCUT2D eigenvalue weighted by Crippen LogP contribution is -2.10. The first-order valence-corrected chi connectivity index (χ1v) is 10.7. The molecule has 4 aromatic rings. The van der Waals surface area contributed by atoms with E-state index in [-0.39, 0.29) is 5.56 Å². The van der Waals surface area contributed by atoms with Gasteiger partial charge in [-0.15, -0.1) is 0 Å². The van der Waals surface area contributed by atoms with Crippen LogP contribution in [-0.2, 0) is 10.8 Å². The molecule has 0 fully saturated rings. The van der Waals surface area contributed by atoms with Crippen LogP contribution < -0.4 is 10.3 Å². The average Bonchev–Trinajstić information content (AvgIpc) is 3.21. The number of para-hydroxylation sites is 1. The molecular formula is C22H21N3O3S. The Kier molecular flexibility index (Phi) is 5.57. The monoisotopic (exact) mass is 407 g/mol. The molecular weight excluding hydrogens is 386 g/mol. The third kappa shape index (κ3) is 4.30. The maximum absolute atomic E-state index is 12.8. The van der Waals surface area contributed by atoms with Crippen molar-refractivity contribution in [3.05, 3.63) is 82.9 Å². The predicted molar refractivity (Wildman–Crippen MR) is 114 cm³/mol. The number of fused-ring (bicyclic) bond motifs is 1. The molecule has 2 heterocycles. The minimum Gasteiger partial charge on any atom is -0.494 e. The van der Waals surface area contributed by atoms with E-state index in [1.54, 1.807) is 12.3 Å². The first-order chi connectivity index (χ1) is 14.1. The molecule has 0 aliphatic rings.